The predicted molar refractivity (Wildman–Crippen MR) is 90.1 cm³/mol. The van der Waals surface area contributed by atoms with Gasteiger partial charge in [0.15, 0.2) is 0 Å². The molecule has 1 aliphatic heterocycles. The SMILES string of the molecule is CC1CN(CC(O)CN(C)CCc2ccccc2)CC(C)O1. The summed E-state index contributed by atoms with van der Waals surface area (Å²) in [6.07, 6.45) is 1.23. The van der Waals surface area contributed by atoms with Gasteiger partial charge < -0.3 is 14.7 Å². The third-order valence-electron chi connectivity index (χ3n) is 4.11. The summed E-state index contributed by atoms with van der Waals surface area (Å²) in [5.41, 5.74) is 1.35. The number of ether oxygens (including phenoxy) is 1. The lowest BCUT2D eigenvalue weighted by atomic mass is 10.1. The van der Waals surface area contributed by atoms with Gasteiger partial charge in [-0.15, -0.1) is 0 Å². The van der Waals surface area contributed by atoms with Crippen molar-refractivity contribution in [2.75, 3.05) is 39.8 Å². The summed E-state index contributed by atoms with van der Waals surface area (Å²) in [4.78, 5) is 4.53. The molecule has 0 amide bonds. The van der Waals surface area contributed by atoms with Crippen LogP contribution in [0.5, 0.6) is 0 Å². The van der Waals surface area contributed by atoms with E-state index in [-0.39, 0.29) is 18.3 Å². The molecule has 0 saturated carbocycles. The van der Waals surface area contributed by atoms with Gasteiger partial charge in [-0.05, 0) is 32.9 Å². The van der Waals surface area contributed by atoms with Gasteiger partial charge in [-0.25, -0.2) is 0 Å². The van der Waals surface area contributed by atoms with Crippen LogP contribution in [0, 0.1) is 0 Å². The second kappa shape index (κ2) is 8.63. The zero-order valence-corrected chi connectivity index (χ0v) is 14.1. The summed E-state index contributed by atoms with van der Waals surface area (Å²) in [5.74, 6) is 0. The third kappa shape index (κ3) is 6.05. The minimum atomic E-state index is -0.307. The molecule has 1 fully saturated rings. The highest BCUT2D eigenvalue weighted by atomic mass is 16.5. The lowest BCUT2D eigenvalue weighted by Crippen LogP contribution is -2.49. The van der Waals surface area contributed by atoms with Gasteiger partial charge in [0, 0.05) is 32.7 Å². The average Bonchev–Trinajstić information content (AvgIpc) is 2.45. The Morgan fingerprint density at radius 2 is 1.86 bits per heavy atom. The molecule has 1 saturated heterocycles. The Labute approximate surface area is 134 Å². The number of morpholine rings is 1. The van der Waals surface area contributed by atoms with E-state index < -0.39 is 0 Å². The number of aliphatic hydroxyl groups excluding tert-OH is 1. The van der Waals surface area contributed by atoms with E-state index in [4.69, 9.17) is 4.74 Å². The van der Waals surface area contributed by atoms with E-state index in [0.29, 0.717) is 6.54 Å². The van der Waals surface area contributed by atoms with E-state index in [1.165, 1.54) is 5.56 Å². The van der Waals surface area contributed by atoms with Crippen LogP contribution in [-0.2, 0) is 11.2 Å². The maximum Gasteiger partial charge on any atom is 0.0793 e. The number of hydrogen-bond donors (Lipinski definition) is 1. The number of hydrogen-bond acceptors (Lipinski definition) is 4. The fourth-order valence-electron chi connectivity index (χ4n) is 3.20. The lowest BCUT2D eigenvalue weighted by molar-refractivity contribution is -0.0776. The highest BCUT2D eigenvalue weighted by Gasteiger charge is 2.24. The number of rotatable bonds is 7. The number of likely N-dealkylation sites (N-methyl/N-ethyl adjacent to an activating group) is 1. The van der Waals surface area contributed by atoms with E-state index in [0.717, 1.165) is 32.6 Å². The molecule has 1 heterocycles. The van der Waals surface area contributed by atoms with E-state index in [1.54, 1.807) is 0 Å². The van der Waals surface area contributed by atoms with Crippen LogP contribution >= 0.6 is 0 Å². The van der Waals surface area contributed by atoms with E-state index in [1.807, 2.05) is 6.07 Å². The quantitative estimate of drug-likeness (QED) is 0.831. The maximum atomic E-state index is 10.3. The highest BCUT2D eigenvalue weighted by molar-refractivity contribution is 5.14. The summed E-state index contributed by atoms with van der Waals surface area (Å²) in [5, 5.41) is 10.3. The van der Waals surface area contributed by atoms with Crippen molar-refractivity contribution in [2.24, 2.45) is 0 Å². The van der Waals surface area contributed by atoms with Gasteiger partial charge >= 0.3 is 0 Å². The Kier molecular flexibility index (Phi) is 6.83. The van der Waals surface area contributed by atoms with Crippen molar-refractivity contribution in [3.05, 3.63) is 35.9 Å². The van der Waals surface area contributed by atoms with Crippen molar-refractivity contribution in [1.82, 2.24) is 9.80 Å². The Morgan fingerprint density at radius 3 is 2.50 bits per heavy atom. The first-order chi connectivity index (χ1) is 10.5. The molecule has 4 nitrogen and oxygen atoms in total. The largest absolute Gasteiger partial charge is 0.390 e. The molecule has 1 N–H and O–H groups in total. The van der Waals surface area contributed by atoms with Crippen LogP contribution in [0.4, 0.5) is 0 Å². The molecule has 0 aromatic heterocycles. The lowest BCUT2D eigenvalue weighted by Gasteiger charge is -2.36. The molecule has 0 aliphatic carbocycles. The summed E-state index contributed by atoms with van der Waals surface area (Å²) >= 11 is 0. The first kappa shape index (κ1) is 17.4. The molecule has 3 unspecified atom stereocenters. The summed E-state index contributed by atoms with van der Waals surface area (Å²) in [7, 11) is 2.08. The molecule has 1 aromatic carbocycles. The number of β-amino-alcohol motifs (C(OH)–C–C–N with tert-alkyl or cyclic N) is 1. The van der Waals surface area contributed by atoms with Gasteiger partial charge in [0.05, 0.1) is 18.3 Å². The molecule has 0 bridgehead atoms. The van der Waals surface area contributed by atoms with Crippen molar-refractivity contribution >= 4 is 0 Å². The zero-order valence-electron chi connectivity index (χ0n) is 14.1. The third-order valence-corrected chi connectivity index (χ3v) is 4.11. The predicted octanol–water partition coefficient (Wildman–Crippen LogP) is 1.63. The van der Waals surface area contributed by atoms with Crippen molar-refractivity contribution < 1.29 is 9.84 Å². The molecule has 4 heteroatoms. The van der Waals surface area contributed by atoms with Gasteiger partial charge in [-0.2, -0.15) is 0 Å². The molecule has 3 atom stereocenters. The molecule has 2 rings (SSSR count). The topological polar surface area (TPSA) is 35.9 Å². The fraction of sp³-hybridized carbons (Fsp3) is 0.667. The Bertz CT molecular complexity index is 416. The van der Waals surface area contributed by atoms with Gasteiger partial charge in [-0.3, -0.25) is 4.90 Å². The molecule has 0 radical (unpaired) electrons. The monoisotopic (exact) mass is 306 g/mol. The molecule has 22 heavy (non-hydrogen) atoms. The second-order valence-corrected chi connectivity index (χ2v) is 6.63. The van der Waals surface area contributed by atoms with Crippen LogP contribution in [0.1, 0.15) is 19.4 Å². The standard InChI is InChI=1S/C18H30N2O2/c1-15-11-20(12-16(2)22-15)14-18(21)13-19(3)10-9-17-7-5-4-6-8-17/h4-8,15-16,18,21H,9-14H2,1-3H3. The second-order valence-electron chi connectivity index (χ2n) is 6.63. The Balaban J connectivity index is 1.68. The molecular weight excluding hydrogens is 276 g/mol. The van der Waals surface area contributed by atoms with E-state index in [9.17, 15) is 5.11 Å². The van der Waals surface area contributed by atoms with Gasteiger partial charge in [-0.1, -0.05) is 30.3 Å². The zero-order chi connectivity index (χ0) is 15.9. The van der Waals surface area contributed by atoms with Crippen LogP contribution in [0.15, 0.2) is 30.3 Å². The van der Waals surface area contributed by atoms with Crippen LogP contribution in [-0.4, -0.2) is 73.0 Å². The van der Waals surface area contributed by atoms with Crippen LogP contribution < -0.4 is 0 Å². The molecule has 0 spiro atoms. The normalized spacial score (nSPS) is 24.6. The Morgan fingerprint density at radius 1 is 1.23 bits per heavy atom. The number of benzene rings is 1. The van der Waals surface area contributed by atoms with E-state index in [2.05, 4.69) is 55.0 Å². The minimum Gasteiger partial charge on any atom is -0.390 e. The molecule has 124 valence electrons. The average molecular weight is 306 g/mol. The maximum absolute atomic E-state index is 10.3. The minimum absolute atomic E-state index is 0.256. The highest BCUT2D eigenvalue weighted by Crippen LogP contribution is 2.11. The Hall–Kier alpha value is -0.940. The molecule has 1 aliphatic rings. The van der Waals surface area contributed by atoms with Gasteiger partial charge in [0.2, 0.25) is 0 Å². The van der Waals surface area contributed by atoms with Crippen molar-refractivity contribution in [2.45, 2.75) is 38.6 Å². The van der Waals surface area contributed by atoms with Gasteiger partial charge in [0.1, 0.15) is 0 Å². The van der Waals surface area contributed by atoms with Crippen molar-refractivity contribution in [3.63, 3.8) is 0 Å². The smallest absolute Gasteiger partial charge is 0.0793 e. The van der Waals surface area contributed by atoms with Gasteiger partial charge in [0.25, 0.3) is 0 Å². The number of nitrogens with zero attached hydrogens (tertiary/aromatic N) is 2. The number of aliphatic hydroxyl groups is 1. The molecular formula is C18H30N2O2. The van der Waals surface area contributed by atoms with Crippen molar-refractivity contribution in [1.29, 1.82) is 0 Å². The van der Waals surface area contributed by atoms with E-state index >= 15 is 0 Å². The first-order valence-electron chi connectivity index (χ1n) is 8.31. The van der Waals surface area contributed by atoms with Crippen molar-refractivity contribution in [3.8, 4) is 0 Å². The van der Waals surface area contributed by atoms with Crippen LogP contribution in [0.3, 0.4) is 0 Å². The summed E-state index contributed by atoms with van der Waals surface area (Å²) < 4.78 is 5.73. The van der Waals surface area contributed by atoms with Crippen LogP contribution in [0.2, 0.25) is 0 Å². The molecule has 1 aromatic rings. The summed E-state index contributed by atoms with van der Waals surface area (Å²) in [6, 6.07) is 10.5. The fourth-order valence-corrected chi connectivity index (χ4v) is 3.20. The first-order valence-corrected chi connectivity index (χ1v) is 8.31. The van der Waals surface area contributed by atoms with Crippen LogP contribution in [0.25, 0.3) is 0 Å². The summed E-state index contributed by atoms with van der Waals surface area (Å²) in [6.45, 7) is 8.43.